The Morgan fingerprint density at radius 3 is 2.75 bits per heavy atom. The fourth-order valence-corrected chi connectivity index (χ4v) is 3.07. The van der Waals surface area contributed by atoms with E-state index in [4.69, 9.17) is 0 Å². The number of nitrogens with one attached hydrogen (secondary N) is 1. The minimum Gasteiger partial charge on any atom is -0.382 e. The van der Waals surface area contributed by atoms with Gasteiger partial charge in [0.2, 0.25) is 0 Å². The van der Waals surface area contributed by atoms with Crippen molar-refractivity contribution < 1.29 is 4.92 Å². The Balaban J connectivity index is 2.01. The second-order valence-electron chi connectivity index (χ2n) is 5.88. The third kappa shape index (κ3) is 3.71. The molecule has 4 nitrogen and oxygen atoms in total. The molecule has 0 aromatic heterocycles. The number of benzene rings is 1. The molecule has 0 amide bonds. The number of rotatable bonds is 4. The Morgan fingerprint density at radius 1 is 1.30 bits per heavy atom. The summed E-state index contributed by atoms with van der Waals surface area (Å²) < 4.78 is 0. The standard InChI is InChI=1S/C16H24N2O2/c1-3-13-5-4-6-14(8-7-13)17-16-10-9-15(18(19)20)11-12(16)2/h9-11,13-14,17H,3-8H2,1-2H3. The molecule has 0 heterocycles. The maximum atomic E-state index is 10.8. The highest BCUT2D eigenvalue weighted by Crippen LogP contribution is 2.29. The predicted octanol–water partition coefficient (Wildman–Crippen LogP) is 4.67. The molecule has 2 atom stereocenters. The summed E-state index contributed by atoms with van der Waals surface area (Å²) in [5.74, 6) is 0.875. The summed E-state index contributed by atoms with van der Waals surface area (Å²) in [4.78, 5) is 10.4. The van der Waals surface area contributed by atoms with E-state index in [1.54, 1.807) is 12.1 Å². The molecule has 0 radical (unpaired) electrons. The van der Waals surface area contributed by atoms with Crippen LogP contribution in [0.5, 0.6) is 0 Å². The van der Waals surface area contributed by atoms with Crippen LogP contribution in [0.2, 0.25) is 0 Å². The van der Waals surface area contributed by atoms with Crippen molar-refractivity contribution in [1.82, 2.24) is 0 Å². The second kappa shape index (κ2) is 6.73. The highest BCUT2D eigenvalue weighted by atomic mass is 16.6. The molecule has 0 aliphatic heterocycles. The van der Waals surface area contributed by atoms with Crippen molar-refractivity contribution in [1.29, 1.82) is 0 Å². The molecule has 1 aromatic rings. The second-order valence-corrected chi connectivity index (χ2v) is 5.88. The fourth-order valence-electron chi connectivity index (χ4n) is 3.07. The van der Waals surface area contributed by atoms with Gasteiger partial charge in [0.1, 0.15) is 0 Å². The number of aryl methyl sites for hydroxylation is 1. The number of nitro benzene ring substituents is 1. The SMILES string of the molecule is CCC1CCCC(Nc2ccc([N+](=O)[O-])cc2C)CC1. The van der Waals surface area contributed by atoms with Crippen molar-refractivity contribution in [2.24, 2.45) is 5.92 Å². The maximum Gasteiger partial charge on any atom is 0.269 e. The summed E-state index contributed by atoms with van der Waals surface area (Å²) in [6.07, 6.45) is 7.60. The molecular formula is C16H24N2O2. The van der Waals surface area contributed by atoms with Gasteiger partial charge >= 0.3 is 0 Å². The Labute approximate surface area is 120 Å². The summed E-state index contributed by atoms with van der Waals surface area (Å²) in [5, 5.41) is 14.3. The summed E-state index contributed by atoms with van der Waals surface area (Å²) in [6.45, 7) is 4.21. The molecule has 0 spiro atoms. The number of hydrogen-bond acceptors (Lipinski definition) is 3. The average molecular weight is 276 g/mol. The molecule has 0 bridgehead atoms. The number of nitro groups is 1. The molecular weight excluding hydrogens is 252 g/mol. The molecule has 0 saturated heterocycles. The summed E-state index contributed by atoms with van der Waals surface area (Å²) in [5.41, 5.74) is 2.16. The van der Waals surface area contributed by atoms with Crippen LogP contribution in [0.3, 0.4) is 0 Å². The quantitative estimate of drug-likeness (QED) is 0.493. The molecule has 1 saturated carbocycles. The minimum absolute atomic E-state index is 0.167. The zero-order chi connectivity index (χ0) is 14.5. The van der Waals surface area contributed by atoms with E-state index >= 15 is 0 Å². The van der Waals surface area contributed by atoms with E-state index in [1.807, 2.05) is 13.0 Å². The molecule has 1 aliphatic rings. The van der Waals surface area contributed by atoms with E-state index < -0.39 is 0 Å². The maximum absolute atomic E-state index is 10.8. The van der Waals surface area contributed by atoms with Gasteiger partial charge in [0, 0.05) is 23.9 Å². The Hall–Kier alpha value is -1.58. The Bertz CT molecular complexity index is 474. The van der Waals surface area contributed by atoms with Crippen LogP contribution in [-0.4, -0.2) is 11.0 Å². The lowest BCUT2D eigenvalue weighted by molar-refractivity contribution is -0.384. The van der Waals surface area contributed by atoms with Gasteiger partial charge in [-0.15, -0.1) is 0 Å². The first-order chi connectivity index (χ1) is 9.60. The van der Waals surface area contributed by atoms with E-state index in [0.717, 1.165) is 17.2 Å². The van der Waals surface area contributed by atoms with Crippen LogP contribution in [0.4, 0.5) is 11.4 Å². The van der Waals surface area contributed by atoms with Gasteiger partial charge < -0.3 is 5.32 Å². The van der Waals surface area contributed by atoms with Crippen molar-refractivity contribution in [2.75, 3.05) is 5.32 Å². The summed E-state index contributed by atoms with van der Waals surface area (Å²) in [7, 11) is 0. The normalized spacial score (nSPS) is 23.1. The van der Waals surface area contributed by atoms with E-state index in [1.165, 1.54) is 38.5 Å². The predicted molar refractivity (Wildman–Crippen MR) is 82.1 cm³/mol. The fraction of sp³-hybridized carbons (Fsp3) is 0.625. The van der Waals surface area contributed by atoms with Crippen molar-refractivity contribution >= 4 is 11.4 Å². The summed E-state index contributed by atoms with van der Waals surface area (Å²) in [6, 6.07) is 5.58. The summed E-state index contributed by atoms with van der Waals surface area (Å²) >= 11 is 0. The van der Waals surface area contributed by atoms with Gasteiger partial charge in [0.15, 0.2) is 0 Å². The van der Waals surface area contributed by atoms with Gasteiger partial charge in [-0.3, -0.25) is 10.1 Å². The van der Waals surface area contributed by atoms with Gasteiger partial charge in [0.25, 0.3) is 5.69 Å². The van der Waals surface area contributed by atoms with Crippen LogP contribution in [0.15, 0.2) is 18.2 Å². The van der Waals surface area contributed by atoms with Crippen LogP contribution in [0.25, 0.3) is 0 Å². The van der Waals surface area contributed by atoms with Crippen LogP contribution >= 0.6 is 0 Å². The number of hydrogen-bond donors (Lipinski definition) is 1. The van der Waals surface area contributed by atoms with E-state index in [9.17, 15) is 10.1 Å². The van der Waals surface area contributed by atoms with Gasteiger partial charge in [-0.2, -0.15) is 0 Å². The van der Waals surface area contributed by atoms with Crippen LogP contribution in [0, 0.1) is 23.0 Å². The first-order valence-corrected chi connectivity index (χ1v) is 7.61. The average Bonchev–Trinajstić information content (AvgIpc) is 2.66. The number of nitrogens with zero attached hydrogens (tertiary/aromatic N) is 1. The van der Waals surface area contributed by atoms with Crippen molar-refractivity contribution in [3.8, 4) is 0 Å². The molecule has 1 N–H and O–H groups in total. The lowest BCUT2D eigenvalue weighted by Gasteiger charge is -2.19. The lowest BCUT2D eigenvalue weighted by atomic mass is 9.98. The molecule has 1 fully saturated rings. The minimum atomic E-state index is -0.339. The Kier molecular flexibility index (Phi) is 4.99. The molecule has 110 valence electrons. The molecule has 4 heteroatoms. The molecule has 1 aliphatic carbocycles. The van der Waals surface area contributed by atoms with E-state index in [-0.39, 0.29) is 10.6 Å². The first-order valence-electron chi connectivity index (χ1n) is 7.61. The largest absolute Gasteiger partial charge is 0.382 e. The van der Waals surface area contributed by atoms with Gasteiger partial charge in [-0.05, 0) is 43.7 Å². The molecule has 2 unspecified atom stereocenters. The van der Waals surface area contributed by atoms with Crippen LogP contribution in [0.1, 0.15) is 51.0 Å². The van der Waals surface area contributed by atoms with E-state index in [0.29, 0.717) is 6.04 Å². The van der Waals surface area contributed by atoms with Crippen molar-refractivity contribution in [3.63, 3.8) is 0 Å². The van der Waals surface area contributed by atoms with Crippen molar-refractivity contribution in [3.05, 3.63) is 33.9 Å². The topological polar surface area (TPSA) is 55.2 Å². The third-order valence-electron chi connectivity index (χ3n) is 4.45. The molecule has 1 aromatic carbocycles. The zero-order valence-electron chi connectivity index (χ0n) is 12.4. The highest BCUT2D eigenvalue weighted by molar-refractivity contribution is 5.55. The number of anilines is 1. The molecule has 2 rings (SSSR count). The monoisotopic (exact) mass is 276 g/mol. The van der Waals surface area contributed by atoms with Crippen LogP contribution in [-0.2, 0) is 0 Å². The Morgan fingerprint density at radius 2 is 2.10 bits per heavy atom. The molecule has 20 heavy (non-hydrogen) atoms. The smallest absolute Gasteiger partial charge is 0.269 e. The van der Waals surface area contributed by atoms with Crippen LogP contribution < -0.4 is 5.32 Å². The lowest BCUT2D eigenvalue weighted by Crippen LogP contribution is -2.19. The third-order valence-corrected chi connectivity index (χ3v) is 4.45. The van der Waals surface area contributed by atoms with Gasteiger partial charge in [0.05, 0.1) is 4.92 Å². The first kappa shape index (κ1) is 14.8. The van der Waals surface area contributed by atoms with Gasteiger partial charge in [-0.25, -0.2) is 0 Å². The number of non-ortho nitro benzene ring substituents is 1. The van der Waals surface area contributed by atoms with Gasteiger partial charge in [-0.1, -0.05) is 26.2 Å². The van der Waals surface area contributed by atoms with Crippen molar-refractivity contribution in [2.45, 2.75) is 58.4 Å². The zero-order valence-corrected chi connectivity index (χ0v) is 12.4. The van der Waals surface area contributed by atoms with E-state index in [2.05, 4.69) is 12.2 Å². The highest BCUT2D eigenvalue weighted by Gasteiger charge is 2.18.